The quantitative estimate of drug-likeness (QED) is 0.762. The van der Waals surface area contributed by atoms with E-state index in [1.807, 2.05) is 13.8 Å². The van der Waals surface area contributed by atoms with E-state index in [2.05, 4.69) is 15.9 Å². The van der Waals surface area contributed by atoms with Gasteiger partial charge in [0.25, 0.3) is 5.79 Å². The number of methoxy groups -OCH3 is 2. The number of benzene rings is 1. The van der Waals surface area contributed by atoms with Crippen LogP contribution in [0.4, 0.5) is 0 Å². The van der Waals surface area contributed by atoms with E-state index >= 15 is 0 Å². The number of esters is 1. The second kappa shape index (κ2) is 6.68. The summed E-state index contributed by atoms with van der Waals surface area (Å²) >= 11 is 3.45. The molecular weight excluding hydrogens is 390 g/mol. The average molecular weight is 414 g/mol. The number of fused-ring (bicyclic) bond motifs is 1. The van der Waals surface area contributed by atoms with Crippen LogP contribution >= 0.6 is 15.9 Å². The van der Waals surface area contributed by atoms with Gasteiger partial charge in [-0.05, 0) is 48.5 Å². The Morgan fingerprint density at radius 3 is 2.36 bits per heavy atom. The standard InChI is InChI=1S/C18H24BrNO5/c1-9-12(17(21)23-4)13(19)15(22-3)16-14(9)24-18(2,25-16)10-5-7-11(20)8-6-10/h10-11H,5-8,20H2,1-4H3/t10-,11-,18?. The summed E-state index contributed by atoms with van der Waals surface area (Å²) in [6.07, 6.45) is 3.79. The maximum absolute atomic E-state index is 12.2. The maximum atomic E-state index is 12.2. The van der Waals surface area contributed by atoms with Gasteiger partial charge in [-0.25, -0.2) is 4.79 Å². The van der Waals surface area contributed by atoms with Crippen LogP contribution in [0.25, 0.3) is 0 Å². The lowest BCUT2D eigenvalue weighted by Gasteiger charge is -2.36. The molecule has 2 aliphatic rings. The Hall–Kier alpha value is -1.47. The Bertz CT molecular complexity index is 699. The zero-order chi connectivity index (χ0) is 18.4. The third-order valence-electron chi connectivity index (χ3n) is 5.26. The minimum absolute atomic E-state index is 0.226. The van der Waals surface area contributed by atoms with Gasteiger partial charge in [-0.1, -0.05) is 0 Å². The van der Waals surface area contributed by atoms with Crippen molar-refractivity contribution in [2.45, 2.75) is 51.4 Å². The van der Waals surface area contributed by atoms with Crippen molar-refractivity contribution < 1.29 is 23.7 Å². The second-order valence-corrected chi connectivity index (χ2v) is 7.62. The average Bonchev–Trinajstić information content (AvgIpc) is 2.94. The molecule has 0 amide bonds. The lowest BCUT2D eigenvalue weighted by atomic mass is 9.81. The first-order valence-electron chi connectivity index (χ1n) is 8.44. The van der Waals surface area contributed by atoms with Crippen LogP contribution in [0, 0.1) is 12.8 Å². The fourth-order valence-corrected chi connectivity index (χ4v) is 4.54. The van der Waals surface area contributed by atoms with Crippen molar-refractivity contribution in [2.75, 3.05) is 14.2 Å². The van der Waals surface area contributed by atoms with Gasteiger partial charge in [-0.2, -0.15) is 0 Å². The summed E-state index contributed by atoms with van der Waals surface area (Å²) < 4.78 is 23.4. The minimum Gasteiger partial charge on any atom is -0.492 e. The molecule has 1 aliphatic carbocycles. The Morgan fingerprint density at radius 2 is 1.80 bits per heavy atom. The highest BCUT2D eigenvalue weighted by molar-refractivity contribution is 9.10. The van der Waals surface area contributed by atoms with E-state index in [4.69, 9.17) is 24.7 Å². The van der Waals surface area contributed by atoms with Crippen LogP contribution < -0.4 is 19.9 Å². The van der Waals surface area contributed by atoms with E-state index in [-0.39, 0.29) is 12.0 Å². The van der Waals surface area contributed by atoms with Gasteiger partial charge in [0.2, 0.25) is 5.75 Å². The summed E-state index contributed by atoms with van der Waals surface area (Å²) in [5, 5.41) is 0. The largest absolute Gasteiger partial charge is 0.492 e. The molecule has 1 aromatic rings. The van der Waals surface area contributed by atoms with Crippen LogP contribution in [-0.4, -0.2) is 32.0 Å². The second-order valence-electron chi connectivity index (χ2n) is 6.83. The van der Waals surface area contributed by atoms with Gasteiger partial charge in [0, 0.05) is 24.4 Å². The number of nitrogens with two attached hydrogens (primary N) is 1. The summed E-state index contributed by atoms with van der Waals surface area (Å²) in [4.78, 5) is 12.2. The number of hydrogen-bond donors (Lipinski definition) is 1. The summed E-state index contributed by atoms with van der Waals surface area (Å²) in [5.74, 6) is 0.483. The van der Waals surface area contributed by atoms with Gasteiger partial charge in [-0.15, -0.1) is 0 Å². The van der Waals surface area contributed by atoms with Crippen molar-refractivity contribution >= 4 is 21.9 Å². The Balaban J connectivity index is 2.03. The predicted octanol–water partition coefficient (Wildman–Crippen LogP) is 3.56. The lowest BCUT2D eigenvalue weighted by Crippen LogP contribution is -2.46. The summed E-state index contributed by atoms with van der Waals surface area (Å²) in [6.45, 7) is 3.76. The molecule has 25 heavy (non-hydrogen) atoms. The smallest absolute Gasteiger partial charge is 0.339 e. The van der Waals surface area contributed by atoms with E-state index in [1.165, 1.54) is 14.2 Å². The molecule has 2 N–H and O–H groups in total. The van der Waals surface area contributed by atoms with Crippen LogP contribution in [0.15, 0.2) is 4.47 Å². The first-order chi connectivity index (χ1) is 11.8. The molecule has 0 bridgehead atoms. The number of carbonyl (C=O) groups excluding carboxylic acids is 1. The van der Waals surface area contributed by atoms with Gasteiger partial charge >= 0.3 is 5.97 Å². The zero-order valence-electron chi connectivity index (χ0n) is 15.0. The van der Waals surface area contributed by atoms with E-state index in [0.717, 1.165) is 25.7 Å². The first kappa shape index (κ1) is 18.3. The van der Waals surface area contributed by atoms with Crippen LogP contribution in [0.5, 0.6) is 17.2 Å². The molecular formula is C18H24BrNO5. The van der Waals surface area contributed by atoms with E-state index in [0.29, 0.717) is 32.8 Å². The predicted molar refractivity (Wildman–Crippen MR) is 96.4 cm³/mol. The van der Waals surface area contributed by atoms with Crippen molar-refractivity contribution in [3.8, 4) is 17.2 Å². The molecule has 6 nitrogen and oxygen atoms in total. The van der Waals surface area contributed by atoms with Gasteiger partial charge in [0.15, 0.2) is 11.5 Å². The van der Waals surface area contributed by atoms with Crippen LogP contribution in [-0.2, 0) is 4.74 Å². The Kier molecular flexibility index (Phi) is 4.90. The molecule has 0 spiro atoms. The van der Waals surface area contributed by atoms with E-state index in [9.17, 15) is 4.79 Å². The minimum atomic E-state index is -0.797. The first-order valence-corrected chi connectivity index (χ1v) is 9.23. The number of carbonyl (C=O) groups is 1. The molecule has 1 unspecified atom stereocenters. The van der Waals surface area contributed by atoms with Crippen LogP contribution in [0.3, 0.4) is 0 Å². The summed E-state index contributed by atoms with van der Waals surface area (Å²) in [6, 6.07) is 0.250. The highest BCUT2D eigenvalue weighted by Crippen LogP contribution is 2.55. The fourth-order valence-electron chi connectivity index (χ4n) is 3.74. The molecule has 3 rings (SSSR count). The normalized spacial score (nSPS) is 27.9. The Labute approximate surface area is 156 Å². The number of ether oxygens (including phenoxy) is 4. The van der Waals surface area contributed by atoms with Crippen molar-refractivity contribution in [1.29, 1.82) is 0 Å². The molecule has 1 aromatic carbocycles. The van der Waals surface area contributed by atoms with Crippen molar-refractivity contribution in [1.82, 2.24) is 0 Å². The lowest BCUT2D eigenvalue weighted by molar-refractivity contribution is -0.121. The third-order valence-corrected chi connectivity index (χ3v) is 6.02. The third kappa shape index (κ3) is 2.97. The number of halogens is 1. The van der Waals surface area contributed by atoms with Gasteiger partial charge < -0.3 is 24.7 Å². The fraction of sp³-hybridized carbons (Fsp3) is 0.611. The number of rotatable bonds is 3. The molecule has 1 aliphatic heterocycles. The van der Waals surface area contributed by atoms with Gasteiger partial charge in [0.05, 0.1) is 24.3 Å². The van der Waals surface area contributed by atoms with Gasteiger partial charge in [-0.3, -0.25) is 0 Å². The molecule has 0 radical (unpaired) electrons. The highest BCUT2D eigenvalue weighted by atomic mass is 79.9. The molecule has 0 aromatic heterocycles. The molecule has 1 heterocycles. The molecule has 1 saturated carbocycles. The van der Waals surface area contributed by atoms with Crippen molar-refractivity contribution in [3.05, 3.63) is 15.6 Å². The molecule has 1 atom stereocenters. The molecule has 7 heteroatoms. The highest BCUT2D eigenvalue weighted by Gasteiger charge is 2.48. The topological polar surface area (TPSA) is 80.0 Å². The molecule has 0 saturated heterocycles. The molecule has 1 fully saturated rings. The molecule has 138 valence electrons. The van der Waals surface area contributed by atoms with E-state index in [1.54, 1.807) is 0 Å². The van der Waals surface area contributed by atoms with Gasteiger partial charge in [0.1, 0.15) is 0 Å². The van der Waals surface area contributed by atoms with Crippen LogP contribution in [0.1, 0.15) is 48.5 Å². The summed E-state index contributed by atoms with van der Waals surface area (Å²) in [7, 11) is 2.88. The Morgan fingerprint density at radius 1 is 1.20 bits per heavy atom. The summed E-state index contributed by atoms with van der Waals surface area (Å²) in [5.41, 5.74) is 7.08. The van der Waals surface area contributed by atoms with Crippen molar-refractivity contribution in [2.24, 2.45) is 11.7 Å². The zero-order valence-corrected chi connectivity index (χ0v) is 16.6. The number of hydrogen-bond acceptors (Lipinski definition) is 6. The van der Waals surface area contributed by atoms with E-state index < -0.39 is 11.8 Å². The monoisotopic (exact) mass is 413 g/mol. The SMILES string of the molecule is COC(=O)c1c(C)c2c(c(OC)c1Br)OC(C)([C@H]1CC[C@H](N)CC1)O2. The van der Waals surface area contributed by atoms with Crippen LogP contribution in [0.2, 0.25) is 0 Å². The van der Waals surface area contributed by atoms with Crippen molar-refractivity contribution in [3.63, 3.8) is 0 Å². The maximum Gasteiger partial charge on any atom is 0.339 e.